The molecule has 0 spiro atoms. The van der Waals surface area contributed by atoms with E-state index in [1.807, 2.05) is 0 Å². The number of nitrogens with zero attached hydrogens (tertiary/aromatic N) is 1. The molecular formula is C8H16N2O3. The summed E-state index contributed by atoms with van der Waals surface area (Å²) in [5, 5.41) is 10.5. The Bertz CT molecular complexity index is 157. The van der Waals surface area contributed by atoms with Gasteiger partial charge in [0.05, 0.1) is 13.2 Å². The van der Waals surface area contributed by atoms with Gasteiger partial charge in [-0.3, -0.25) is 10.2 Å². The van der Waals surface area contributed by atoms with Crippen molar-refractivity contribution < 1.29 is 14.6 Å². The lowest BCUT2D eigenvalue weighted by Gasteiger charge is -2.27. The van der Waals surface area contributed by atoms with Gasteiger partial charge in [-0.1, -0.05) is 0 Å². The van der Waals surface area contributed by atoms with Gasteiger partial charge in [0.25, 0.3) is 0 Å². The molecule has 0 aliphatic carbocycles. The third-order valence-electron chi connectivity index (χ3n) is 1.91. The van der Waals surface area contributed by atoms with Crippen molar-refractivity contribution >= 4 is 5.97 Å². The third-order valence-corrected chi connectivity index (χ3v) is 1.91. The minimum Gasteiger partial charge on any atom is -0.481 e. The van der Waals surface area contributed by atoms with Gasteiger partial charge in [-0.05, 0) is 6.42 Å². The Hall–Kier alpha value is -0.650. The van der Waals surface area contributed by atoms with Crippen molar-refractivity contribution in [2.24, 2.45) is 0 Å². The van der Waals surface area contributed by atoms with Gasteiger partial charge in [0.15, 0.2) is 0 Å². The standard InChI is InChI=1S/C8H16N2O3/c11-8(12)2-1-3-9-10-4-6-13-7-5-10/h9H,1-7H2,(H,11,12). The maximum atomic E-state index is 10.2. The van der Waals surface area contributed by atoms with Gasteiger partial charge >= 0.3 is 5.97 Å². The van der Waals surface area contributed by atoms with Crippen LogP contribution in [0.4, 0.5) is 0 Å². The fraction of sp³-hybridized carbons (Fsp3) is 0.875. The van der Waals surface area contributed by atoms with E-state index >= 15 is 0 Å². The van der Waals surface area contributed by atoms with Crippen LogP contribution < -0.4 is 5.43 Å². The minimum absolute atomic E-state index is 0.233. The number of nitrogens with one attached hydrogen (secondary N) is 1. The number of aliphatic carboxylic acids is 1. The molecule has 76 valence electrons. The lowest BCUT2D eigenvalue weighted by Crippen LogP contribution is -2.46. The Balaban J connectivity index is 1.95. The first-order valence-electron chi connectivity index (χ1n) is 4.57. The van der Waals surface area contributed by atoms with Crippen LogP contribution in [-0.4, -0.2) is 48.9 Å². The van der Waals surface area contributed by atoms with Gasteiger partial charge in [-0.25, -0.2) is 5.01 Å². The molecule has 0 aromatic rings. The second-order valence-corrected chi connectivity index (χ2v) is 3.00. The normalized spacial score (nSPS) is 18.8. The van der Waals surface area contributed by atoms with Crippen molar-refractivity contribution in [3.63, 3.8) is 0 Å². The summed E-state index contributed by atoms with van der Waals surface area (Å²) in [6, 6.07) is 0. The number of ether oxygens (including phenoxy) is 1. The van der Waals surface area contributed by atoms with E-state index in [9.17, 15) is 4.79 Å². The summed E-state index contributed by atoms with van der Waals surface area (Å²) >= 11 is 0. The van der Waals surface area contributed by atoms with Crippen molar-refractivity contribution in [3.8, 4) is 0 Å². The monoisotopic (exact) mass is 188 g/mol. The number of hydrogen-bond acceptors (Lipinski definition) is 4. The van der Waals surface area contributed by atoms with Crippen molar-refractivity contribution in [3.05, 3.63) is 0 Å². The smallest absolute Gasteiger partial charge is 0.303 e. The summed E-state index contributed by atoms with van der Waals surface area (Å²) < 4.78 is 5.17. The first-order valence-corrected chi connectivity index (χ1v) is 4.57. The van der Waals surface area contributed by atoms with Gasteiger partial charge in [-0.15, -0.1) is 0 Å². The first-order chi connectivity index (χ1) is 6.29. The SMILES string of the molecule is O=C(O)CCCNN1CCOCC1. The zero-order chi connectivity index (χ0) is 9.52. The summed E-state index contributed by atoms with van der Waals surface area (Å²) in [4.78, 5) is 10.2. The second-order valence-electron chi connectivity index (χ2n) is 3.00. The highest BCUT2D eigenvalue weighted by molar-refractivity contribution is 5.66. The van der Waals surface area contributed by atoms with Gasteiger partial charge in [0, 0.05) is 26.1 Å². The zero-order valence-corrected chi connectivity index (χ0v) is 7.66. The van der Waals surface area contributed by atoms with Gasteiger partial charge in [0.2, 0.25) is 0 Å². The summed E-state index contributed by atoms with van der Waals surface area (Å²) in [5.74, 6) is -0.733. The summed E-state index contributed by atoms with van der Waals surface area (Å²) in [5.41, 5.74) is 3.17. The topological polar surface area (TPSA) is 61.8 Å². The molecule has 0 amide bonds. The Morgan fingerprint density at radius 3 is 2.77 bits per heavy atom. The number of carboxylic acid groups (broad SMARTS) is 1. The summed E-state index contributed by atoms with van der Waals surface area (Å²) in [6.45, 7) is 4.00. The minimum atomic E-state index is -0.733. The molecule has 1 aliphatic rings. The zero-order valence-electron chi connectivity index (χ0n) is 7.66. The predicted molar refractivity (Wildman–Crippen MR) is 47.3 cm³/mol. The Morgan fingerprint density at radius 2 is 2.15 bits per heavy atom. The molecule has 5 heteroatoms. The Kier molecular flexibility index (Phi) is 4.74. The molecule has 1 rings (SSSR count). The number of morpholine rings is 1. The molecule has 0 aromatic carbocycles. The van der Waals surface area contributed by atoms with E-state index in [1.54, 1.807) is 0 Å². The number of carbonyl (C=O) groups is 1. The van der Waals surface area contributed by atoms with Gasteiger partial charge in [0.1, 0.15) is 0 Å². The van der Waals surface area contributed by atoms with Crippen LogP contribution in [0, 0.1) is 0 Å². The van der Waals surface area contributed by atoms with E-state index in [1.165, 1.54) is 0 Å². The van der Waals surface area contributed by atoms with Crippen LogP contribution >= 0.6 is 0 Å². The second kappa shape index (κ2) is 5.90. The highest BCUT2D eigenvalue weighted by Gasteiger charge is 2.08. The first kappa shape index (κ1) is 10.4. The molecule has 13 heavy (non-hydrogen) atoms. The average Bonchev–Trinajstić information content (AvgIpc) is 2.14. The van der Waals surface area contributed by atoms with Crippen molar-refractivity contribution in [2.45, 2.75) is 12.8 Å². The van der Waals surface area contributed by atoms with Crippen LogP contribution in [-0.2, 0) is 9.53 Å². The lowest BCUT2D eigenvalue weighted by atomic mass is 10.3. The highest BCUT2D eigenvalue weighted by Crippen LogP contribution is 1.93. The van der Waals surface area contributed by atoms with Crippen LogP contribution in [0.15, 0.2) is 0 Å². The molecule has 0 bridgehead atoms. The van der Waals surface area contributed by atoms with E-state index in [0.717, 1.165) is 32.8 Å². The van der Waals surface area contributed by atoms with Crippen molar-refractivity contribution in [1.82, 2.24) is 10.4 Å². The molecule has 2 N–H and O–H groups in total. The van der Waals surface area contributed by atoms with Crippen LogP contribution in [0.3, 0.4) is 0 Å². The van der Waals surface area contributed by atoms with E-state index in [2.05, 4.69) is 10.4 Å². The molecule has 0 unspecified atom stereocenters. The van der Waals surface area contributed by atoms with E-state index in [0.29, 0.717) is 6.42 Å². The van der Waals surface area contributed by atoms with Crippen LogP contribution in [0.25, 0.3) is 0 Å². The molecule has 1 heterocycles. The maximum absolute atomic E-state index is 10.2. The molecule has 1 saturated heterocycles. The van der Waals surface area contributed by atoms with Crippen LogP contribution in [0.1, 0.15) is 12.8 Å². The molecule has 0 saturated carbocycles. The number of hydrogen-bond donors (Lipinski definition) is 2. The van der Waals surface area contributed by atoms with Crippen molar-refractivity contribution in [1.29, 1.82) is 0 Å². The van der Waals surface area contributed by atoms with Crippen LogP contribution in [0.5, 0.6) is 0 Å². The maximum Gasteiger partial charge on any atom is 0.303 e. The lowest BCUT2D eigenvalue weighted by molar-refractivity contribution is -0.137. The summed E-state index contributed by atoms with van der Waals surface area (Å²) in [7, 11) is 0. The van der Waals surface area contributed by atoms with Crippen LogP contribution in [0.2, 0.25) is 0 Å². The number of hydrazine groups is 1. The highest BCUT2D eigenvalue weighted by atomic mass is 16.5. The third kappa shape index (κ3) is 4.82. The van der Waals surface area contributed by atoms with Gasteiger partial charge < -0.3 is 9.84 Å². The Morgan fingerprint density at radius 1 is 1.46 bits per heavy atom. The van der Waals surface area contributed by atoms with E-state index in [-0.39, 0.29) is 6.42 Å². The molecule has 0 aromatic heterocycles. The van der Waals surface area contributed by atoms with E-state index in [4.69, 9.17) is 9.84 Å². The Labute approximate surface area is 77.6 Å². The molecule has 1 aliphatic heterocycles. The fourth-order valence-electron chi connectivity index (χ4n) is 1.20. The van der Waals surface area contributed by atoms with Crippen molar-refractivity contribution in [2.75, 3.05) is 32.8 Å². The summed E-state index contributed by atoms with van der Waals surface area (Å²) in [6.07, 6.45) is 0.907. The molecule has 0 atom stereocenters. The van der Waals surface area contributed by atoms with Gasteiger partial charge in [-0.2, -0.15) is 0 Å². The molecule has 0 radical (unpaired) electrons. The molecule has 1 fully saturated rings. The average molecular weight is 188 g/mol. The number of carboxylic acids is 1. The largest absolute Gasteiger partial charge is 0.481 e. The quantitative estimate of drug-likeness (QED) is 0.579. The fourth-order valence-corrected chi connectivity index (χ4v) is 1.20. The van der Waals surface area contributed by atoms with E-state index < -0.39 is 5.97 Å². The molecular weight excluding hydrogens is 172 g/mol. The predicted octanol–water partition coefficient (Wildman–Crippen LogP) is -0.312. The molecule has 5 nitrogen and oxygen atoms in total. The number of rotatable bonds is 5.